The molecule has 3 N–H and O–H groups in total. The second-order valence-corrected chi connectivity index (χ2v) is 7.38. The molecule has 0 unspecified atom stereocenters. The Morgan fingerprint density at radius 1 is 1.00 bits per heavy atom. The van der Waals surface area contributed by atoms with Gasteiger partial charge in [-0.05, 0) is 54.6 Å². The minimum atomic E-state index is -4.28. The predicted octanol–water partition coefficient (Wildman–Crippen LogP) is 4.73. The molecule has 0 saturated heterocycles. The lowest BCUT2D eigenvalue weighted by Crippen LogP contribution is -2.18. The van der Waals surface area contributed by atoms with Crippen molar-refractivity contribution in [1.29, 1.82) is 0 Å². The number of para-hydroxylation sites is 1. The first-order valence-corrected chi connectivity index (χ1v) is 9.64. The fourth-order valence-electron chi connectivity index (χ4n) is 2.81. The maximum Gasteiger partial charge on any atom is 0.446 e. The zero-order valence-corrected chi connectivity index (χ0v) is 15.8. The van der Waals surface area contributed by atoms with E-state index in [9.17, 15) is 18.0 Å². The van der Waals surface area contributed by atoms with Gasteiger partial charge in [0, 0.05) is 29.4 Å². The van der Waals surface area contributed by atoms with Crippen molar-refractivity contribution in [3.05, 3.63) is 70.4 Å². The highest BCUT2D eigenvalue weighted by Gasteiger charge is 2.29. The lowest BCUT2D eigenvalue weighted by Gasteiger charge is -2.10. The summed E-state index contributed by atoms with van der Waals surface area (Å²) in [5, 5.41) is 7.06. The van der Waals surface area contributed by atoms with Crippen LogP contribution in [0.15, 0.2) is 64.3 Å². The van der Waals surface area contributed by atoms with Crippen LogP contribution < -0.4 is 16.1 Å². The summed E-state index contributed by atoms with van der Waals surface area (Å²) in [7, 11) is 0. The molecule has 0 fully saturated rings. The third kappa shape index (κ3) is 6.03. The maximum absolute atomic E-state index is 12.4. The van der Waals surface area contributed by atoms with Crippen LogP contribution in [0.25, 0.3) is 10.9 Å². The van der Waals surface area contributed by atoms with Crippen LogP contribution in [-0.2, 0) is 6.54 Å². The Hall–Kier alpha value is -2.45. The van der Waals surface area contributed by atoms with E-state index in [0.717, 1.165) is 17.5 Å². The molecule has 0 aliphatic carbocycles. The van der Waals surface area contributed by atoms with Gasteiger partial charge in [-0.15, -0.1) is 0 Å². The van der Waals surface area contributed by atoms with Crippen molar-refractivity contribution in [3.8, 4) is 0 Å². The lowest BCUT2D eigenvalue weighted by molar-refractivity contribution is -0.0328. The fourth-order valence-corrected chi connectivity index (χ4v) is 3.44. The first-order chi connectivity index (χ1) is 13.4. The van der Waals surface area contributed by atoms with Crippen LogP contribution in [0.1, 0.15) is 12.0 Å². The van der Waals surface area contributed by atoms with E-state index in [2.05, 4.69) is 15.6 Å². The molecule has 0 amide bonds. The van der Waals surface area contributed by atoms with Crippen molar-refractivity contribution in [2.75, 3.05) is 18.4 Å². The molecule has 148 valence electrons. The smallest absolute Gasteiger partial charge is 0.371 e. The zero-order chi connectivity index (χ0) is 20.0. The Labute approximate surface area is 164 Å². The highest BCUT2D eigenvalue weighted by atomic mass is 32.2. The van der Waals surface area contributed by atoms with E-state index >= 15 is 0 Å². The summed E-state index contributed by atoms with van der Waals surface area (Å²) < 4.78 is 37.3. The number of aromatic nitrogens is 1. The zero-order valence-electron chi connectivity index (χ0n) is 15.0. The van der Waals surface area contributed by atoms with E-state index in [-0.39, 0.29) is 22.1 Å². The Balaban J connectivity index is 1.42. The normalized spacial score (nSPS) is 11.7. The summed E-state index contributed by atoms with van der Waals surface area (Å²) in [5.41, 5.74) is -2.72. The molecule has 8 heteroatoms. The van der Waals surface area contributed by atoms with Gasteiger partial charge in [0.2, 0.25) is 0 Å². The molecule has 0 aliphatic heterocycles. The van der Waals surface area contributed by atoms with Crippen LogP contribution >= 0.6 is 11.8 Å². The summed E-state index contributed by atoms with van der Waals surface area (Å²) in [6, 6.07) is 15.3. The van der Waals surface area contributed by atoms with Crippen LogP contribution in [0.4, 0.5) is 19.0 Å². The number of benzene rings is 2. The molecule has 3 aromatic rings. The average molecular weight is 407 g/mol. The van der Waals surface area contributed by atoms with Crippen LogP contribution in [-0.4, -0.2) is 23.6 Å². The number of anilines is 1. The van der Waals surface area contributed by atoms with Gasteiger partial charge in [-0.25, -0.2) is 0 Å². The fraction of sp³-hybridized carbons (Fsp3) is 0.250. The average Bonchev–Trinajstić information content (AvgIpc) is 2.63. The minimum Gasteiger partial charge on any atom is -0.371 e. The topological polar surface area (TPSA) is 56.9 Å². The van der Waals surface area contributed by atoms with Crippen LogP contribution in [0.2, 0.25) is 0 Å². The molecule has 0 aliphatic rings. The van der Waals surface area contributed by atoms with Crippen LogP contribution in [0.3, 0.4) is 0 Å². The first kappa shape index (κ1) is 20.3. The van der Waals surface area contributed by atoms with Gasteiger partial charge in [0.25, 0.3) is 0 Å². The highest BCUT2D eigenvalue weighted by Crippen LogP contribution is 2.36. The summed E-state index contributed by atoms with van der Waals surface area (Å²) in [6.07, 6.45) is 0.797. The molecule has 4 nitrogen and oxygen atoms in total. The molecule has 0 atom stereocenters. The number of thioether (sulfide) groups is 1. The molecule has 0 saturated carbocycles. The van der Waals surface area contributed by atoms with Crippen molar-refractivity contribution in [3.63, 3.8) is 0 Å². The molecule has 0 bridgehead atoms. The highest BCUT2D eigenvalue weighted by molar-refractivity contribution is 8.00. The predicted molar refractivity (Wildman–Crippen MR) is 108 cm³/mol. The number of halogens is 3. The van der Waals surface area contributed by atoms with Crippen LogP contribution in [0, 0.1) is 0 Å². The third-order valence-corrected chi connectivity index (χ3v) is 4.77. The molecule has 1 aromatic heterocycles. The van der Waals surface area contributed by atoms with Crippen molar-refractivity contribution in [2.45, 2.75) is 23.4 Å². The van der Waals surface area contributed by atoms with Crippen molar-refractivity contribution < 1.29 is 13.2 Å². The second kappa shape index (κ2) is 9.16. The molecule has 2 aromatic carbocycles. The number of pyridine rings is 1. The van der Waals surface area contributed by atoms with E-state index in [4.69, 9.17) is 0 Å². The third-order valence-electron chi connectivity index (χ3n) is 4.04. The van der Waals surface area contributed by atoms with Gasteiger partial charge in [0.05, 0.1) is 5.52 Å². The molecular formula is C20H20F3N3OS. The van der Waals surface area contributed by atoms with Gasteiger partial charge in [-0.3, -0.25) is 4.79 Å². The van der Waals surface area contributed by atoms with E-state index in [1.54, 1.807) is 30.3 Å². The Morgan fingerprint density at radius 3 is 2.64 bits per heavy atom. The van der Waals surface area contributed by atoms with E-state index in [0.29, 0.717) is 30.8 Å². The van der Waals surface area contributed by atoms with Crippen molar-refractivity contribution in [2.24, 2.45) is 0 Å². The molecule has 1 heterocycles. The Morgan fingerprint density at radius 2 is 1.82 bits per heavy atom. The van der Waals surface area contributed by atoms with Gasteiger partial charge in [0.15, 0.2) is 5.43 Å². The summed E-state index contributed by atoms with van der Waals surface area (Å²) in [4.78, 5) is 15.4. The monoisotopic (exact) mass is 407 g/mol. The molecule has 0 radical (unpaired) electrons. The number of alkyl halides is 3. The number of H-pyrrole nitrogens is 1. The molecule has 0 spiro atoms. The lowest BCUT2D eigenvalue weighted by atomic mass is 10.2. The number of hydrogen-bond acceptors (Lipinski definition) is 4. The maximum atomic E-state index is 12.4. The van der Waals surface area contributed by atoms with Gasteiger partial charge in [-0.2, -0.15) is 13.2 Å². The van der Waals surface area contributed by atoms with Gasteiger partial charge >= 0.3 is 5.51 Å². The van der Waals surface area contributed by atoms with E-state index in [1.165, 1.54) is 6.07 Å². The SMILES string of the molecule is O=c1cc(NCCCNCc2cccc(SC(F)(F)F)c2)[nH]c2ccccc12. The van der Waals surface area contributed by atoms with Crippen molar-refractivity contribution >= 4 is 28.5 Å². The van der Waals surface area contributed by atoms with Crippen LogP contribution in [0.5, 0.6) is 0 Å². The van der Waals surface area contributed by atoms with Gasteiger partial charge < -0.3 is 15.6 Å². The first-order valence-electron chi connectivity index (χ1n) is 8.82. The largest absolute Gasteiger partial charge is 0.446 e. The second-order valence-electron chi connectivity index (χ2n) is 6.25. The quantitative estimate of drug-likeness (QED) is 0.373. The molecule has 3 rings (SSSR count). The molecular weight excluding hydrogens is 387 g/mol. The number of hydrogen-bond donors (Lipinski definition) is 3. The summed E-state index contributed by atoms with van der Waals surface area (Å²) >= 11 is -0.105. The van der Waals surface area contributed by atoms with Crippen molar-refractivity contribution in [1.82, 2.24) is 10.3 Å². The standard InChI is InChI=1S/C20H20F3N3OS/c21-20(22,23)28-15-6-3-5-14(11-15)13-24-9-4-10-25-19-12-18(27)16-7-1-2-8-17(16)26-19/h1-3,5-8,11-12,24H,4,9-10,13H2,(H2,25,26,27). The Kier molecular flexibility index (Phi) is 6.64. The number of rotatable bonds is 8. The molecule has 28 heavy (non-hydrogen) atoms. The van der Waals surface area contributed by atoms with E-state index in [1.807, 2.05) is 18.2 Å². The number of fused-ring (bicyclic) bond motifs is 1. The minimum absolute atomic E-state index is 0.0356. The Bertz CT molecular complexity index is 988. The van der Waals surface area contributed by atoms with Gasteiger partial charge in [0.1, 0.15) is 5.82 Å². The number of aromatic amines is 1. The van der Waals surface area contributed by atoms with E-state index < -0.39 is 5.51 Å². The number of nitrogens with one attached hydrogen (secondary N) is 3. The summed E-state index contributed by atoms with van der Waals surface area (Å²) in [5.74, 6) is 0.667. The van der Waals surface area contributed by atoms with Gasteiger partial charge in [-0.1, -0.05) is 24.3 Å². The summed E-state index contributed by atoms with van der Waals surface area (Å²) in [6.45, 7) is 1.85.